The second-order valence-electron chi connectivity index (χ2n) is 7.93. The second kappa shape index (κ2) is 10.2. The molecule has 0 amide bonds. The van der Waals surface area contributed by atoms with Crippen LogP contribution in [0.3, 0.4) is 0 Å². The number of nitrogens with zero attached hydrogens (tertiary/aromatic N) is 4. The number of aliphatic imine (C=N–C) groups is 1. The van der Waals surface area contributed by atoms with Crippen molar-refractivity contribution in [2.75, 3.05) is 18.5 Å². The van der Waals surface area contributed by atoms with Crippen LogP contribution in [0.4, 0.5) is 11.5 Å². The number of aromatic nitrogens is 3. The number of aliphatic carboxylic acids is 1. The summed E-state index contributed by atoms with van der Waals surface area (Å²) < 4.78 is 16.6. The van der Waals surface area contributed by atoms with Gasteiger partial charge in [0.15, 0.2) is 28.2 Å². The predicted molar refractivity (Wildman–Crippen MR) is 140 cm³/mol. The zero-order valence-electron chi connectivity index (χ0n) is 18.9. The molecule has 12 heteroatoms. The Morgan fingerprint density at radius 1 is 1.25 bits per heavy atom. The van der Waals surface area contributed by atoms with Gasteiger partial charge in [0.05, 0.1) is 18.0 Å². The molecule has 4 aromatic rings. The Labute approximate surface area is 218 Å². The van der Waals surface area contributed by atoms with E-state index in [-0.39, 0.29) is 0 Å². The van der Waals surface area contributed by atoms with Gasteiger partial charge in [0.25, 0.3) is 0 Å². The normalized spacial score (nSPS) is 14.6. The number of carboxylic acids is 1. The number of anilines is 2. The van der Waals surface area contributed by atoms with Gasteiger partial charge in [0, 0.05) is 10.7 Å². The highest BCUT2D eigenvalue weighted by Crippen LogP contribution is 2.40. The second-order valence-corrected chi connectivity index (χ2v) is 9.48. The molecule has 0 aliphatic carbocycles. The molecule has 36 heavy (non-hydrogen) atoms. The van der Waals surface area contributed by atoms with Crippen LogP contribution >= 0.6 is 27.5 Å². The largest absolute Gasteiger partial charge is 0.486 e. The van der Waals surface area contributed by atoms with Crippen molar-refractivity contribution < 1.29 is 24.5 Å². The van der Waals surface area contributed by atoms with Crippen LogP contribution in [0.2, 0.25) is 0 Å². The molecule has 3 heterocycles. The minimum atomic E-state index is -1.28. The molecule has 3 N–H and O–H groups in total. The van der Waals surface area contributed by atoms with E-state index in [0.29, 0.717) is 40.8 Å². The summed E-state index contributed by atoms with van der Waals surface area (Å²) in [6, 6.07) is 10.4. The molecule has 5 rings (SSSR count). The third kappa shape index (κ3) is 4.87. The summed E-state index contributed by atoms with van der Waals surface area (Å²) in [5.74, 6) is 0.769. The molecular formula is C24H20BrN5O5S. The molecular weight excluding hydrogens is 550 g/mol. The van der Waals surface area contributed by atoms with Gasteiger partial charge in [0.2, 0.25) is 0 Å². The maximum Gasteiger partial charge on any atom is 0.331 e. The smallest absolute Gasteiger partial charge is 0.331 e. The molecule has 2 aromatic carbocycles. The van der Waals surface area contributed by atoms with Crippen LogP contribution in [0.25, 0.3) is 21.5 Å². The molecule has 1 aliphatic rings. The van der Waals surface area contributed by atoms with Crippen LogP contribution in [-0.4, -0.2) is 62.1 Å². The maximum absolute atomic E-state index is 11.2. The van der Waals surface area contributed by atoms with E-state index in [4.69, 9.17) is 14.6 Å². The average molecular weight is 570 g/mol. The Bertz CT molecular complexity index is 1470. The summed E-state index contributed by atoms with van der Waals surface area (Å²) in [4.78, 5) is 24.6. The highest BCUT2D eigenvalue weighted by molar-refractivity contribution is 9.10. The minimum absolute atomic E-state index is 0.367. The molecule has 0 bridgehead atoms. The Hall–Kier alpha value is -3.61. The van der Waals surface area contributed by atoms with E-state index in [1.165, 1.54) is 19.3 Å². The molecule has 2 atom stereocenters. The number of fused-ring (bicyclic) bond motifs is 2. The van der Waals surface area contributed by atoms with E-state index >= 15 is 0 Å². The number of rotatable bonds is 7. The number of aliphatic hydroxyl groups is 1. The first kappa shape index (κ1) is 24.1. The lowest BCUT2D eigenvalue weighted by atomic mass is 10.0. The highest BCUT2D eigenvalue weighted by Gasteiger charge is 2.21. The fraction of sp³-hybridized carbons (Fsp3) is 0.208. The molecule has 184 valence electrons. The number of hydrogen-bond acceptors (Lipinski definition) is 10. The van der Waals surface area contributed by atoms with Crippen LogP contribution in [-0.2, 0) is 4.79 Å². The van der Waals surface area contributed by atoms with Crippen molar-refractivity contribution in [3.05, 3.63) is 52.8 Å². The summed E-state index contributed by atoms with van der Waals surface area (Å²) in [7, 11) is 0. The van der Waals surface area contributed by atoms with E-state index in [1.807, 2.05) is 36.4 Å². The third-order valence-electron chi connectivity index (χ3n) is 5.39. The summed E-state index contributed by atoms with van der Waals surface area (Å²) in [5.41, 5.74) is 3.67. The lowest BCUT2D eigenvalue weighted by Crippen LogP contribution is -2.30. The summed E-state index contributed by atoms with van der Waals surface area (Å²) >= 11 is 4.87. The molecule has 0 saturated heterocycles. The maximum atomic E-state index is 11.2. The van der Waals surface area contributed by atoms with Crippen molar-refractivity contribution >= 4 is 61.5 Å². The van der Waals surface area contributed by atoms with E-state index in [0.717, 1.165) is 38.6 Å². The molecule has 2 unspecified atom stereocenters. The van der Waals surface area contributed by atoms with Crippen LogP contribution < -0.4 is 14.8 Å². The third-order valence-corrected chi connectivity index (χ3v) is 6.97. The van der Waals surface area contributed by atoms with Gasteiger partial charge in [-0.15, -0.1) is 0 Å². The lowest BCUT2D eigenvalue weighted by molar-refractivity contribution is -0.140. The zero-order chi connectivity index (χ0) is 25.2. The number of halogens is 1. The van der Waals surface area contributed by atoms with E-state index < -0.39 is 18.1 Å². The zero-order valence-corrected chi connectivity index (χ0v) is 21.3. The topological polar surface area (TPSA) is 139 Å². The van der Waals surface area contributed by atoms with Crippen LogP contribution in [0.1, 0.15) is 12.6 Å². The molecule has 2 aromatic heterocycles. The molecule has 0 spiro atoms. The van der Waals surface area contributed by atoms with Crippen molar-refractivity contribution in [1.29, 1.82) is 0 Å². The van der Waals surface area contributed by atoms with Gasteiger partial charge in [-0.05, 0) is 63.7 Å². The van der Waals surface area contributed by atoms with Gasteiger partial charge in [-0.3, -0.25) is 4.99 Å². The lowest BCUT2D eigenvalue weighted by Gasteiger charge is -2.19. The molecule has 10 nitrogen and oxygen atoms in total. The number of benzene rings is 2. The highest BCUT2D eigenvalue weighted by atomic mass is 79.9. The number of carboxylic acid groups (broad SMARTS) is 1. The quantitative estimate of drug-likeness (QED) is 0.278. The SMILES string of the molecule is CC(O)C(N=Cc1cnc2c(Nc3cccc(-c4ccc5c(c4)OCCO5)c3Br)nsc2n1)C(=O)O. The molecule has 1 aliphatic heterocycles. The Kier molecular flexibility index (Phi) is 6.81. The van der Waals surface area contributed by atoms with Crippen LogP contribution in [0, 0.1) is 0 Å². The van der Waals surface area contributed by atoms with Crippen molar-refractivity contribution in [1.82, 2.24) is 14.3 Å². The summed E-state index contributed by atoms with van der Waals surface area (Å²) in [6.07, 6.45) is 1.64. The molecule has 0 fully saturated rings. The van der Waals surface area contributed by atoms with Gasteiger partial charge >= 0.3 is 5.97 Å². The van der Waals surface area contributed by atoms with Gasteiger partial charge in [-0.2, -0.15) is 4.37 Å². The number of hydrogen-bond donors (Lipinski definition) is 3. The Balaban J connectivity index is 1.40. The average Bonchev–Trinajstić information content (AvgIpc) is 3.26. The van der Waals surface area contributed by atoms with Gasteiger partial charge < -0.3 is 25.0 Å². The molecule has 0 radical (unpaired) electrons. The number of aliphatic hydroxyl groups excluding tert-OH is 1. The Morgan fingerprint density at radius 3 is 2.83 bits per heavy atom. The summed E-state index contributed by atoms with van der Waals surface area (Å²) in [5, 5.41) is 22.1. The van der Waals surface area contributed by atoms with Crippen LogP contribution in [0.15, 0.2) is 52.1 Å². The summed E-state index contributed by atoms with van der Waals surface area (Å²) in [6.45, 7) is 2.43. The number of carbonyl (C=O) groups is 1. The Morgan fingerprint density at radius 2 is 2.06 bits per heavy atom. The van der Waals surface area contributed by atoms with Gasteiger partial charge in [-0.25, -0.2) is 14.8 Å². The van der Waals surface area contributed by atoms with E-state index in [9.17, 15) is 9.90 Å². The standard InChI is InChI=1S/C24H20BrN5O5S/c1-12(31)20(24(32)33)26-10-14-11-27-21-22(30-36-23(21)28-14)29-16-4-2-3-15(19(16)25)13-5-6-17-18(9-13)35-8-7-34-17/h2-6,9-12,20,31H,7-8H2,1H3,(H,29,30)(H,32,33). The van der Waals surface area contributed by atoms with Gasteiger partial charge in [-0.1, -0.05) is 18.2 Å². The van der Waals surface area contributed by atoms with Crippen molar-refractivity contribution in [2.45, 2.75) is 19.1 Å². The number of ether oxygens (including phenoxy) is 2. The first-order valence-corrected chi connectivity index (χ1v) is 12.5. The fourth-order valence-corrected chi connectivity index (χ4v) is 4.91. The fourth-order valence-electron chi connectivity index (χ4n) is 3.63. The van der Waals surface area contributed by atoms with Gasteiger partial charge in [0.1, 0.15) is 24.4 Å². The van der Waals surface area contributed by atoms with Crippen LogP contribution in [0.5, 0.6) is 11.5 Å². The van der Waals surface area contributed by atoms with Crippen molar-refractivity contribution in [2.24, 2.45) is 4.99 Å². The minimum Gasteiger partial charge on any atom is -0.486 e. The molecule has 0 saturated carbocycles. The first-order chi connectivity index (χ1) is 17.4. The van der Waals surface area contributed by atoms with Crippen molar-refractivity contribution in [3.63, 3.8) is 0 Å². The van der Waals surface area contributed by atoms with Crippen molar-refractivity contribution in [3.8, 4) is 22.6 Å². The van der Waals surface area contributed by atoms with E-state index in [2.05, 4.69) is 40.6 Å². The monoisotopic (exact) mass is 569 g/mol. The first-order valence-electron chi connectivity index (χ1n) is 10.9. The predicted octanol–water partition coefficient (Wildman–Crippen LogP) is 4.28. The van der Waals surface area contributed by atoms with E-state index in [1.54, 1.807) is 0 Å². The number of nitrogens with one attached hydrogen (secondary N) is 1.